The molecular weight excluding hydrogens is 218 g/mol. The summed E-state index contributed by atoms with van der Waals surface area (Å²) in [5.41, 5.74) is 2.33. The van der Waals surface area contributed by atoms with Crippen LogP contribution >= 0.6 is 0 Å². The zero-order chi connectivity index (χ0) is 12.0. The van der Waals surface area contributed by atoms with E-state index in [1.807, 2.05) is 11.6 Å². The molecule has 1 saturated carbocycles. The topological polar surface area (TPSA) is 58.4 Å². The standard InChI is InChI=1S/C12H17N3O2/c1-2-15-10-7-14(8-3-4-8)6-5-9(10)11(13-15)12(16)17/h8H,2-7H2,1H3,(H,16,17). The molecule has 3 rings (SSSR count). The van der Waals surface area contributed by atoms with Crippen molar-refractivity contribution in [2.75, 3.05) is 6.54 Å². The van der Waals surface area contributed by atoms with Gasteiger partial charge in [0.2, 0.25) is 0 Å². The number of fused-ring (bicyclic) bond motifs is 1. The van der Waals surface area contributed by atoms with E-state index in [0.29, 0.717) is 0 Å². The van der Waals surface area contributed by atoms with Crippen molar-refractivity contribution in [1.82, 2.24) is 14.7 Å². The Morgan fingerprint density at radius 3 is 2.88 bits per heavy atom. The first-order valence-corrected chi connectivity index (χ1v) is 6.26. The van der Waals surface area contributed by atoms with E-state index in [0.717, 1.165) is 43.4 Å². The van der Waals surface area contributed by atoms with Gasteiger partial charge in [0.25, 0.3) is 0 Å². The highest BCUT2D eigenvalue weighted by Crippen LogP contribution is 2.32. The maximum absolute atomic E-state index is 11.1. The minimum absolute atomic E-state index is 0.261. The Morgan fingerprint density at radius 2 is 2.29 bits per heavy atom. The zero-order valence-corrected chi connectivity index (χ0v) is 10.0. The van der Waals surface area contributed by atoms with Crippen LogP contribution in [0.3, 0.4) is 0 Å². The lowest BCUT2D eigenvalue weighted by atomic mass is 10.0. The van der Waals surface area contributed by atoms with Crippen molar-refractivity contribution in [3.8, 4) is 0 Å². The molecule has 92 valence electrons. The Balaban J connectivity index is 1.96. The molecule has 0 radical (unpaired) electrons. The van der Waals surface area contributed by atoms with Crippen molar-refractivity contribution in [3.63, 3.8) is 0 Å². The van der Waals surface area contributed by atoms with E-state index >= 15 is 0 Å². The van der Waals surface area contributed by atoms with Crippen LogP contribution in [0, 0.1) is 0 Å². The molecule has 17 heavy (non-hydrogen) atoms. The molecule has 0 atom stereocenters. The number of hydrogen-bond acceptors (Lipinski definition) is 3. The summed E-state index contributed by atoms with van der Waals surface area (Å²) >= 11 is 0. The molecule has 1 N–H and O–H groups in total. The van der Waals surface area contributed by atoms with Crippen molar-refractivity contribution in [2.24, 2.45) is 0 Å². The second-order valence-corrected chi connectivity index (χ2v) is 4.85. The maximum atomic E-state index is 11.1. The Labute approximate surface area is 100 Å². The molecule has 1 aliphatic heterocycles. The smallest absolute Gasteiger partial charge is 0.356 e. The monoisotopic (exact) mass is 235 g/mol. The first-order valence-electron chi connectivity index (χ1n) is 6.26. The Hall–Kier alpha value is -1.36. The third-order valence-electron chi connectivity index (χ3n) is 3.73. The molecule has 1 aliphatic carbocycles. The Bertz CT molecular complexity index is 463. The van der Waals surface area contributed by atoms with Gasteiger partial charge >= 0.3 is 5.97 Å². The van der Waals surface area contributed by atoms with Crippen LogP contribution in [0.1, 0.15) is 41.5 Å². The van der Waals surface area contributed by atoms with Gasteiger partial charge in [-0.1, -0.05) is 0 Å². The first kappa shape index (κ1) is 10.8. The average molecular weight is 235 g/mol. The lowest BCUT2D eigenvalue weighted by molar-refractivity contribution is 0.0688. The zero-order valence-electron chi connectivity index (χ0n) is 10.0. The minimum Gasteiger partial charge on any atom is -0.476 e. The molecule has 0 unspecified atom stereocenters. The Morgan fingerprint density at radius 1 is 1.53 bits per heavy atom. The fraction of sp³-hybridized carbons (Fsp3) is 0.667. The number of carboxylic acids is 1. The molecule has 2 heterocycles. The summed E-state index contributed by atoms with van der Waals surface area (Å²) in [4.78, 5) is 13.6. The van der Waals surface area contributed by atoms with Crippen molar-refractivity contribution < 1.29 is 9.90 Å². The fourth-order valence-corrected chi connectivity index (χ4v) is 2.69. The number of aromatic nitrogens is 2. The number of aromatic carboxylic acids is 1. The summed E-state index contributed by atoms with van der Waals surface area (Å²) in [7, 11) is 0. The molecule has 5 heteroatoms. The largest absolute Gasteiger partial charge is 0.476 e. The maximum Gasteiger partial charge on any atom is 0.356 e. The Kier molecular flexibility index (Phi) is 2.43. The van der Waals surface area contributed by atoms with E-state index in [1.54, 1.807) is 0 Å². The van der Waals surface area contributed by atoms with Gasteiger partial charge in [-0.25, -0.2) is 4.79 Å². The summed E-state index contributed by atoms with van der Waals surface area (Å²) in [5, 5.41) is 13.4. The summed E-state index contributed by atoms with van der Waals surface area (Å²) < 4.78 is 1.85. The van der Waals surface area contributed by atoms with Crippen LogP contribution in [0.25, 0.3) is 0 Å². The third kappa shape index (κ3) is 1.74. The number of hydrogen-bond donors (Lipinski definition) is 1. The van der Waals surface area contributed by atoms with Gasteiger partial charge in [-0.05, 0) is 26.2 Å². The highest BCUT2D eigenvalue weighted by Gasteiger charge is 2.34. The molecule has 0 saturated heterocycles. The van der Waals surface area contributed by atoms with Crippen LogP contribution in [0.4, 0.5) is 0 Å². The summed E-state index contributed by atoms with van der Waals surface area (Å²) in [6, 6.07) is 0.733. The summed E-state index contributed by atoms with van der Waals surface area (Å²) in [5.74, 6) is -0.895. The second-order valence-electron chi connectivity index (χ2n) is 4.85. The van der Waals surface area contributed by atoms with E-state index < -0.39 is 5.97 Å². The molecule has 0 aromatic carbocycles. The molecule has 1 aromatic heterocycles. The lowest BCUT2D eigenvalue weighted by Gasteiger charge is -2.27. The van der Waals surface area contributed by atoms with Crippen molar-refractivity contribution in [2.45, 2.75) is 45.3 Å². The van der Waals surface area contributed by atoms with Gasteiger partial charge in [0, 0.05) is 31.2 Å². The van der Waals surface area contributed by atoms with Crippen LogP contribution in [-0.2, 0) is 19.5 Å². The molecule has 0 bridgehead atoms. The lowest BCUT2D eigenvalue weighted by Crippen LogP contribution is -2.33. The van der Waals surface area contributed by atoms with E-state index in [4.69, 9.17) is 5.11 Å². The third-order valence-corrected chi connectivity index (χ3v) is 3.73. The normalized spacial score (nSPS) is 20.3. The number of rotatable bonds is 3. The highest BCUT2D eigenvalue weighted by atomic mass is 16.4. The quantitative estimate of drug-likeness (QED) is 0.853. The minimum atomic E-state index is -0.895. The van der Waals surface area contributed by atoms with Crippen LogP contribution in [-0.4, -0.2) is 38.3 Å². The van der Waals surface area contributed by atoms with Crippen LogP contribution in [0.2, 0.25) is 0 Å². The predicted molar refractivity (Wildman–Crippen MR) is 62.0 cm³/mol. The molecule has 5 nitrogen and oxygen atoms in total. The summed E-state index contributed by atoms with van der Waals surface area (Å²) in [6.07, 6.45) is 3.41. The second kappa shape index (κ2) is 3.84. The van der Waals surface area contributed by atoms with E-state index in [2.05, 4.69) is 10.00 Å². The molecule has 0 spiro atoms. The first-order chi connectivity index (χ1) is 8.20. The van der Waals surface area contributed by atoms with Crippen LogP contribution in [0.15, 0.2) is 0 Å². The van der Waals surface area contributed by atoms with E-state index in [1.165, 1.54) is 12.8 Å². The van der Waals surface area contributed by atoms with Crippen LogP contribution in [0.5, 0.6) is 0 Å². The SMILES string of the molecule is CCn1nc(C(=O)O)c2c1CN(C1CC1)CC2. The van der Waals surface area contributed by atoms with Crippen molar-refractivity contribution in [3.05, 3.63) is 17.0 Å². The molecule has 1 aromatic rings. The number of aryl methyl sites for hydroxylation is 1. The van der Waals surface area contributed by atoms with Gasteiger partial charge in [-0.15, -0.1) is 0 Å². The molecular formula is C12H17N3O2. The van der Waals surface area contributed by atoms with Gasteiger partial charge < -0.3 is 5.11 Å². The average Bonchev–Trinajstić information content (AvgIpc) is 3.09. The van der Waals surface area contributed by atoms with E-state index in [-0.39, 0.29) is 5.69 Å². The van der Waals surface area contributed by atoms with Gasteiger partial charge in [0.1, 0.15) is 0 Å². The number of nitrogens with zero attached hydrogens (tertiary/aromatic N) is 3. The van der Waals surface area contributed by atoms with Gasteiger partial charge in [0.05, 0.1) is 5.69 Å². The van der Waals surface area contributed by atoms with Crippen LogP contribution < -0.4 is 0 Å². The number of carboxylic acid groups (broad SMARTS) is 1. The fourth-order valence-electron chi connectivity index (χ4n) is 2.69. The molecule has 0 amide bonds. The molecule has 1 fully saturated rings. The van der Waals surface area contributed by atoms with Crippen molar-refractivity contribution >= 4 is 5.97 Å². The molecule has 2 aliphatic rings. The summed E-state index contributed by atoms with van der Waals surface area (Å²) in [6.45, 7) is 4.60. The van der Waals surface area contributed by atoms with E-state index in [9.17, 15) is 4.79 Å². The van der Waals surface area contributed by atoms with Gasteiger partial charge in [0.15, 0.2) is 5.69 Å². The highest BCUT2D eigenvalue weighted by molar-refractivity contribution is 5.87. The van der Waals surface area contributed by atoms with Gasteiger partial charge in [-0.3, -0.25) is 9.58 Å². The number of carbonyl (C=O) groups is 1. The van der Waals surface area contributed by atoms with Crippen molar-refractivity contribution in [1.29, 1.82) is 0 Å². The predicted octanol–water partition coefficient (Wildman–Crippen LogP) is 1.12. The van der Waals surface area contributed by atoms with Gasteiger partial charge in [-0.2, -0.15) is 5.10 Å².